The Balaban J connectivity index is 1.43. The summed E-state index contributed by atoms with van der Waals surface area (Å²) in [5.74, 6) is 1.03. The van der Waals surface area contributed by atoms with E-state index >= 15 is 0 Å². The van der Waals surface area contributed by atoms with Crippen LogP contribution in [0, 0.1) is 0 Å². The zero-order valence-electron chi connectivity index (χ0n) is 19.4. The highest BCUT2D eigenvalue weighted by atomic mass is 16.5. The maximum absolute atomic E-state index is 12.7. The highest BCUT2D eigenvalue weighted by Crippen LogP contribution is 2.35. The van der Waals surface area contributed by atoms with Crippen LogP contribution in [-0.4, -0.2) is 16.0 Å². The van der Waals surface area contributed by atoms with Gasteiger partial charge in [-0.2, -0.15) is 0 Å². The van der Waals surface area contributed by atoms with Crippen LogP contribution in [0.2, 0.25) is 0 Å². The van der Waals surface area contributed by atoms with E-state index in [9.17, 15) is 4.79 Å². The lowest BCUT2D eigenvalue weighted by atomic mass is 9.86. The van der Waals surface area contributed by atoms with Crippen molar-refractivity contribution in [3.8, 4) is 11.6 Å². The molecule has 4 rings (SSSR count). The molecule has 0 fully saturated rings. The highest BCUT2D eigenvalue weighted by Gasteiger charge is 2.20. The third-order valence-corrected chi connectivity index (χ3v) is 5.03. The van der Waals surface area contributed by atoms with E-state index in [2.05, 4.69) is 46.7 Å². The average Bonchev–Trinajstić information content (AvgIpc) is 2.82. The number of urea groups is 1. The molecule has 7 heteroatoms. The Labute approximate surface area is 199 Å². The minimum absolute atomic E-state index is 0.102. The third-order valence-electron chi connectivity index (χ3n) is 5.03. The van der Waals surface area contributed by atoms with Crippen molar-refractivity contribution in [3.05, 3.63) is 97.0 Å². The first-order valence-corrected chi connectivity index (χ1v) is 11.0. The molecule has 0 aliphatic heterocycles. The number of anilines is 4. The van der Waals surface area contributed by atoms with Gasteiger partial charge in [-0.3, -0.25) is 4.98 Å². The fourth-order valence-corrected chi connectivity index (χ4v) is 3.37. The van der Waals surface area contributed by atoms with E-state index in [-0.39, 0.29) is 5.41 Å². The monoisotopic (exact) mass is 453 g/mol. The van der Waals surface area contributed by atoms with Crippen LogP contribution in [0.4, 0.5) is 27.5 Å². The number of aromatic nitrogens is 2. The predicted molar refractivity (Wildman–Crippen MR) is 136 cm³/mol. The van der Waals surface area contributed by atoms with E-state index in [4.69, 9.17) is 4.74 Å². The summed E-state index contributed by atoms with van der Waals surface area (Å²) in [5, 5.41) is 8.95. The molecule has 172 valence electrons. The molecular formula is C27H27N5O2. The van der Waals surface area contributed by atoms with E-state index in [0.717, 1.165) is 16.9 Å². The largest absolute Gasteiger partial charge is 0.437 e. The van der Waals surface area contributed by atoms with Gasteiger partial charge in [0.1, 0.15) is 11.4 Å². The van der Waals surface area contributed by atoms with Gasteiger partial charge >= 0.3 is 6.03 Å². The Morgan fingerprint density at radius 2 is 1.44 bits per heavy atom. The lowest BCUT2D eigenvalue weighted by Gasteiger charge is -2.22. The number of amides is 2. The van der Waals surface area contributed by atoms with Crippen molar-refractivity contribution >= 4 is 28.8 Å². The van der Waals surface area contributed by atoms with Gasteiger partial charge < -0.3 is 20.7 Å². The van der Waals surface area contributed by atoms with Crippen LogP contribution in [-0.2, 0) is 5.41 Å². The second-order valence-corrected chi connectivity index (χ2v) is 8.72. The van der Waals surface area contributed by atoms with Crippen LogP contribution in [0.15, 0.2) is 91.4 Å². The van der Waals surface area contributed by atoms with Crippen LogP contribution >= 0.6 is 0 Å². The van der Waals surface area contributed by atoms with Gasteiger partial charge in [-0.25, -0.2) is 9.78 Å². The van der Waals surface area contributed by atoms with Crippen molar-refractivity contribution in [2.75, 3.05) is 16.0 Å². The molecule has 2 heterocycles. The number of ether oxygens (including phenoxy) is 1. The molecule has 0 saturated heterocycles. The summed E-state index contributed by atoms with van der Waals surface area (Å²) in [4.78, 5) is 21.0. The minimum Gasteiger partial charge on any atom is -0.437 e. The number of rotatable bonds is 6. The molecule has 0 aliphatic carbocycles. The van der Waals surface area contributed by atoms with Gasteiger partial charge in [0.2, 0.25) is 5.88 Å². The van der Waals surface area contributed by atoms with Crippen molar-refractivity contribution in [3.63, 3.8) is 0 Å². The van der Waals surface area contributed by atoms with Gasteiger partial charge in [-0.05, 0) is 60.0 Å². The normalized spacial score (nSPS) is 10.9. The first-order chi connectivity index (χ1) is 16.4. The van der Waals surface area contributed by atoms with Crippen molar-refractivity contribution in [2.24, 2.45) is 0 Å². The van der Waals surface area contributed by atoms with Crippen molar-refractivity contribution in [1.29, 1.82) is 0 Å². The molecule has 0 atom stereocenters. The second kappa shape index (κ2) is 10.0. The van der Waals surface area contributed by atoms with E-state index < -0.39 is 6.03 Å². The van der Waals surface area contributed by atoms with Crippen molar-refractivity contribution in [2.45, 2.75) is 26.2 Å². The lowest BCUT2D eigenvalue weighted by molar-refractivity contribution is 0.262. The summed E-state index contributed by atoms with van der Waals surface area (Å²) in [5.41, 5.74) is 3.91. The Morgan fingerprint density at radius 3 is 2.18 bits per heavy atom. The molecule has 2 amide bonds. The van der Waals surface area contributed by atoms with Crippen LogP contribution in [0.1, 0.15) is 26.3 Å². The Hall–Kier alpha value is -4.39. The Bertz CT molecular complexity index is 1250. The number of para-hydroxylation sites is 1. The summed E-state index contributed by atoms with van der Waals surface area (Å²) >= 11 is 0. The number of hydrogen-bond donors (Lipinski definition) is 3. The number of nitrogens with one attached hydrogen (secondary N) is 3. The average molecular weight is 454 g/mol. The maximum Gasteiger partial charge on any atom is 0.323 e. The van der Waals surface area contributed by atoms with E-state index in [1.807, 2.05) is 60.7 Å². The topological polar surface area (TPSA) is 88.2 Å². The molecule has 0 radical (unpaired) electrons. The number of pyridine rings is 2. The van der Waals surface area contributed by atoms with Gasteiger partial charge in [0, 0.05) is 41.2 Å². The minimum atomic E-state index is -0.392. The SMILES string of the molecule is CC(C)(C)c1ccccc1Oc1ncccc1NC(=O)Nc1ccc(Nc2ccncc2)cc1. The summed E-state index contributed by atoms with van der Waals surface area (Å²) in [6.07, 6.45) is 5.08. The highest BCUT2D eigenvalue weighted by molar-refractivity contribution is 6.00. The maximum atomic E-state index is 12.7. The fraction of sp³-hybridized carbons (Fsp3) is 0.148. The first-order valence-electron chi connectivity index (χ1n) is 11.0. The summed E-state index contributed by atoms with van der Waals surface area (Å²) < 4.78 is 6.12. The number of carbonyl (C=O) groups is 1. The number of carbonyl (C=O) groups excluding carboxylic acids is 1. The second-order valence-electron chi connectivity index (χ2n) is 8.72. The number of hydrogen-bond acceptors (Lipinski definition) is 5. The molecule has 7 nitrogen and oxygen atoms in total. The molecule has 0 aliphatic rings. The molecular weight excluding hydrogens is 426 g/mol. The van der Waals surface area contributed by atoms with Crippen LogP contribution < -0.4 is 20.7 Å². The molecule has 3 N–H and O–H groups in total. The van der Waals surface area contributed by atoms with Crippen molar-refractivity contribution in [1.82, 2.24) is 9.97 Å². The van der Waals surface area contributed by atoms with Crippen molar-refractivity contribution < 1.29 is 9.53 Å². The van der Waals surface area contributed by atoms with Gasteiger partial charge in [-0.1, -0.05) is 39.0 Å². The van der Waals surface area contributed by atoms with Gasteiger partial charge in [0.25, 0.3) is 0 Å². The quantitative estimate of drug-likeness (QED) is 0.294. The Kier molecular flexibility index (Phi) is 6.73. The van der Waals surface area contributed by atoms with Gasteiger partial charge in [0.05, 0.1) is 0 Å². The third kappa shape index (κ3) is 5.89. The van der Waals surface area contributed by atoms with Crippen LogP contribution in [0.25, 0.3) is 0 Å². The summed E-state index contributed by atoms with van der Waals surface area (Å²) in [6.45, 7) is 6.37. The van der Waals surface area contributed by atoms with E-state index in [1.54, 1.807) is 30.7 Å². The molecule has 0 unspecified atom stereocenters. The smallest absolute Gasteiger partial charge is 0.323 e. The molecule has 2 aromatic carbocycles. The fourth-order valence-electron chi connectivity index (χ4n) is 3.37. The van der Waals surface area contributed by atoms with E-state index in [1.165, 1.54) is 0 Å². The first kappa shape index (κ1) is 22.8. The number of nitrogens with zero attached hydrogens (tertiary/aromatic N) is 2. The van der Waals surface area contributed by atoms with E-state index in [0.29, 0.717) is 23.0 Å². The predicted octanol–water partition coefficient (Wildman–Crippen LogP) is 6.95. The summed E-state index contributed by atoms with van der Waals surface area (Å²) in [6, 6.07) is 22.1. The van der Waals surface area contributed by atoms with Gasteiger partial charge in [-0.15, -0.1) is 0 Å². The van der Waals surface area contributed by atoms with Crippen LogP contribution in [0.5, 0.6) is 11.6 Å². The Morgan fingerprint density at radius 1 is 0.765 bits per heavy atom. The molecule has 0 spiro atoms. The molecule has 2 aromatic heterocycles. The zero-order chi connectivity index (χ0) is 24.0. The van der Waals surface area contributed by atoms with Crippen LogP contribution in [0.3, 0.4) is 0 Å². The molecule has 34 heavy (non-hydrogen) atoms. The molecule has 0 saturated carbocycles. The molecule has 0 bridgehead atoms. The standard InChI is InChI=1S/C27H27N5O2/c1-27(2,3)22-7-4-5-9-24(22)34-25-23(8-6-16-29-25)32-26(33)31-20-12-10-19(11-13-20)30-21-14-17-28-18-15-21/h4-18H,1-3H3,(H,28,30)(H2,31,32,33). The summed E-state index contributed by atoms with van der Waals surface area (Å²) in [7, 11) is 0. The molecule has 4 aromatic rings. The number of benzene rings is 2. The van der Waals surface area contributed by atoms with Gasteiger partial charge in [0.15, 0.2) is 0 Å². The zero-order valence-corrected chi connectivity index (χ0v) is 19.4. The lowest BCUT2D eigenvalue weighted by Crippen LogP contribution is -2.20.